The summed E-state index contributed by atoms with van der Waals surface area (Å²) in [5, 5.41) is 10.3. The molecule has 0 bridgehead atoms. The highest BCUT2D eigenvalue weighted by atomic mass is 19.2. The zero-order valence-electron chi connectivity index (χ0n) is 12.2. The fourth-order valence-corrected chi connectivity index (χ4v) is 2.44. The van der Waals surface area contributed by atoms with Gasteiger partial charge in [0.15, 0.2) is 17.5 Å². The summed E-state index contributed by atoms with van der Waals surface area (Å²) in [6, 6.07) is 1.86. The maximum atomic E-state index is 13.6. The SMILES string of the molecule is CC1(C)CN(C(=O)Cc2ccc(F)c(F)c2F)C[C@@]1(C)O. The van der Waals surface area contributed by atoms with Crippen LogP contribution in [0.4, 0.5) is 13.2 Å². The number of carbonyl (C=O) groups is 1. The number of hydrogen-bond donors (Lipinski definition) is 1. The molecule has 0 aliphatic carbocycles. The van der Waals surface area contributed by atoms with Crippen molar-refractivity contribution in [2.75, 3.05) is 13.1 Å². The van der Waals surface area contributed by atoms with Crippen molar-refractivity contribution in [3.8, 4) is 0 Å². The number of carbonyl (C=O) groups excluding carboxylic acids is 1. The highest BCUT2D eigenvalue weighted by Crippen LogP contribution is 2.38. The lowest BCUT2D eigenvalue weighted by Gasteiger charge is -2.30. The predicted molar refractivity (Wildman–Crippen MR) is 71.0 cm³/mol. The molecule has 1 aromatic rings. The third kappa shape index (κ3) is 2.77. The molecule has 0 saturated carbocycles. The first-order valence-electron chi connectivity index (χ1n) is 6.68. The standard InChI is InChI=1S/C15H18F3NO2/c1-14(2)7-19(8-15(14,3)21)11(20)6-9-4-5-10(16)13(18)12(9)17/h4-5,21H,6-8H2,1-3H3/t15-/m1/s1. The number of benzene rings is 1. The molecule has 1 aliphatic rings. The lowest BCUT2D eigenvalue weighted by Crippen LogP contribution is -2.40. The van der Waals surface area contributed by atoms with E-state index < -0.39 is 34.4 Å². The van der Waals surface area contributed by atoms with E-state index in [-0.39, 0.29) is 18.5 Å². The van der Waals surface area contributed by atoms with Gasteiger partial charge in [-0.1, -0.05) is 19.9 Å². The molecule has 1 saturated heterocycles. The summed E-state index contributed by atoms with van der Waals surface area (Å²) in [4.78, 5) is 13.6. The Kier molecular flexibility index (Phi) is 3.78. The fourth-order valence-electron chi connectivity index (χ4n) is 2.44. The van der Waals surface area contributed by atoms with Crippen LogP contribution in [0.5, 0.6) is 0 Å². The van der Waals surface area contributed by atoms with Crippen molar-refractivity contribution in [3.05, 3.63) is 35.1 Å². The van der Waals surface area contributed by atoms with Gasteiger partial charge in [0, 0.05) is 24.1 Å². The zero-order chi connectivity index (χ0) is 16.0. The van der Waals surface area contributed by atoms with Crippen LogP contribution in [-0.2, 0) is 11.2 Å². The van der Waals surface area contributed by atoms with Gasteiger partial charge in [-0.05, 0) is 13.0 Å². The average molecular weight is 301 g/mol. The monoisotopic (exact) mass is 301 g/mol. The quantitative estimate of drug-likeness (QED) is 0.851. The van der Waals surface area contributed by atoms with E-state index in [1.165, 1.54) is 4.90 Å². The molecule has 1 fully saturated rings. The summed E-state index contributed by atoms with van der Waals surface area (Å²) in [5.41, 5.74) is -1.73. The second-order valence-corrected chi connectivity index (χ2v) is 6.42. The van der Waals surface area contributed by atoms with Gasteiger partial charge < -0.3 is 10.0 Å². The largest absolute Gasteiger partial charge is 0.388 e. The molecule has 0 aromatic heterocycles. The molecule has 1 amide bonds. The number of β-amino-alcohol motifs (C(OH)–C–C–N with tert-alkyl or cyclic N) is 1. The molecule has 1 heterocycles. The first-order chi connectivity index (χ1) is 9.55. The lowest BCUT2D eigenvalue weighted by atomic mass is 9.79. The minimum Gasteiger partial charge on any atom is -0.388 e. The molecule has 1 N–H and O–H groups in total. The molecule has 2 rings (SSSR count). The molecular formula is C15H18F3NO2. The van der Waals surface area contributed by atoms with Gasteiger partial charge >= 0.3 is 0 Å². The van der Waals surface area contributed by atoms with E-state index in [0.717, 1.165) is 12.1 Å². The third-order valence-corrected chi connectivity index (χ3v) is 4.35. The fraction of sp³-hybridized carbons (Fsp3) is 0.533. The zero-order valence-corrected chi connectivity index (χ0v) is 12.2. The van der Waals surface area contributed by atoms with Crippen LogP contribution >= 0.6 is 0 Å². The highest BCUT2D eigenvalue weighted by molar-refractivity contribution is 5.79. The number of aliphatic hydroxyl groups is 1. The second-order valence-electron chi connectivity index (χ2n) is 6.42. The van der Waals surface area contributed by atoms with Crippen molar-refractivity contribution in [2.24, 2.45) is 5.41 Å². The van der Waals surface area contributed by atoms with Gasteiger partial charge in [0.25, 0.3) is 0 Å². The smallest absolute Gasteiger partial charge is 0.227 e. The van der Waals surface area contributed by atoms with Crippen LogP contribution in [-0.4, -0.2) is 34.6 Å². The van der Waals surface area contributed by atoms with Gasteiger partial charge in [0.2, 0.25) is 5.91 Å². The Labute approximate surface area is 121 Å². The van der Waals surface area contributed by atoms with E-state index in [2.05, 4.69) is 0 Å². The van der Waals surface area contributed by atoms with E-state index in [1.54, 1.807) is 6.92 Å². The summed E-state index contributed by atoms with van der Waals surface area (Å²) in [6.45, 7) is 5.75. The van der Waals surface area contributed by atoms with Crippen molar-refractivity contribution in [3.63, 3.8) is 0 Å². The molecule has 21 heavy (non-hydrogen) atoms. The van der Waals surface area contributed by atoms with Crippen LogP contribution in [0.1, 0.15) is 26.3 Å². The van der Waals surface area contributed by atoms with Gasteiger partial charge in [-0.3, -0.25) is 4.79 Å². The van der Waals surface area contributed by atoms with Crippen molar-refractivity contribution in [1.82, 2.24) is 4.90 Å². The van der Waals surface area contributed by atoms with Crippen molar-refractivity contribution >= 4 is 5.91 Å². The van der Waals surface area contributed by atoms with Crippen LogP contribution in [0.3, 0.4) is 0 Å². The summed E-state index contributed by atoms with van der Waals surface area (Å²) in [5.74, 6) is -4.62. The number of rotatable bonds is 2. The molecule has 1 aliphatic heterocycles. The number of nitrogens with zero attached hydrogens (tertiary/aromatic N) is 1. The molecule has 6 heteroatoms. The van der Waals surface area contributed by atoms with Gasteiger partial charge in [-0.25, -0.2) is 13.2 Å². The number of halogens is 3. The first-order valence-corrected chi connectivity index (χ1v) is 6.68. The summed E-state index contributed by atoms with van der Waals surface area (Å²) < 4.78 is 39.6. The van der Waals surface area contributed by atoms with Crippen LogP contribution in [0.2, 0.25) is 0 Å². The highest BCUT2D eigenvalue weighted by Gasteiger charge is 2.49. The van der Waals surface area contributed by atoms with E-state index >= 15 is 0 Å². The maximum absolute atomic E-state index is 13.6. The van der Waals surface area contributed by atoms with Crippen LogP contribution in [0.15, 0.2) is 12.1 Å². The maximum Gasteiger partial charge on any atom is 0.227 e. The average Bonchev–Trinajstić information content (AvgIpc) is 2.59. The number of hydrogen-bond acceptors (Lipinski definition) is 2. The molecule has 3 nitrogen and oxygen atoms in total. The van der Waals surface area contributed by atoms with Gasteiger partial charge in [0.1, 0.15) is 0 Å². The Morgan fingerprint density at radius 3 is 2.33 bits per heavy atom. The van der Waals surface area contributed by atoms with Crippen molar-refractivity contribution in [1.29, 1.82) is 0 Å². The Bertz CT molecular complexity index is 569. The third-order valence-electron chi connectivity index (χ3n) is 4.35. The minimum atomic E-state index is -1.57. The molecule has 0 spiro atoms. The van der Waals surface area contributed by atoms with Gasteiger partial charge in [-0.15, -0.1) is 0 Å². The second kappa shape index (κ2) is 5.02. The Hall–Kier alpha value is -1.56. The molecule has 116 valence electrons. The normalized spacial score (nSPS) is 24.4. The minimum absolute atomic E-state index is 0.129. The van der Waals surface area contributed by atoms with Crippen molar-refractivity contribution < 1.29 is 23.1 Å². The molecule has 0 unspecified atom stereocenters. The Morgan fingerprint density at radius 2 is 1.81 bits per heavy atom. The number of amides is 1. The molecule has 1 aromatic carbocycles. The number of likely N-dealkylation sites (tertiary alicyclic amines) is 1. The van der Waals surface area contributed by atoms with Crippen LogP contribution < -0.4 is 0 Å². The van der Waals surface area contributed by atoms with E-state index in [4.69, 9.17) is 0 Å². The summed E-state index contributed by atoms with van der Waals surface area (Å²) >= 11 is 0. The summed E-state index contributed by atoms with van der Waals surface area (Å²) in [6.07, 6.45) is -0.366. The first kappa shape index (κ1) is 15.8. The Balaban J connectivity index is 2.16. The predicted octanol–water partition coefficient (Wildman–Crippen LogP) is 2.27. The molecular weight excluding hydrogens is 283 g/mol. The van der Waals surface area contributed by atoms with Crippen LogP contribution in [0.25, 0.3) is 0 Å². The molecule has 0 radical (unpaired) electrons. The van der Waals surface area contributed by atoms with E-state index in [1.807, 2.05) is 13.8 Å². The van der Waals surface area contributed by atoms with Gasteiger partial charge in [0.05, 0.1) is 12.0 Å². The molecule has 1 atom stereocenters. The Morgan fingerprint density at radius 1 is 1.19 bits per heavy atom. The topological polar surface area (TPSA) is 40.5 Å². The van der Waals surface area contributed by atoms with Crippen LogP contribution in [0, 0.1) is 22.9 Å². The van der Waals surface area contributed by atoms with E-state index in [9.17, 15) is 23.1 Å². The van der Waals surface area contributed by atoms with Gasteiger partial charge in [-0.2, -0.15) is 0 Å². The summed E-state index contributed by atoms with van der Waals surface area (Å²) in [7, 11) is 0. The van der Waals surface area contributed by atoms with E-state index in [0.29, 0.717) is 6.54 Å². The van der Waals surface area contributed by atoms with Crippen molar-refractivity contribution in [2.45, 2.75) is 32.8 Å². The lowest BCUT2D eigenvalue weighted by molar-refractivity contribution is -0.130.